The number of hydrogen-bond donors (Lipinski definition) is 1. The number of nitrogens with one attached hydrogen (secondary N) is 1. The van der Waals surface area contributed by atoms with E-state index in [2.05, 4.69) is 41.2 Å². The molecule has 0 aliphatic heterocycles. The summed E-state index contributed by atoms with van der Waals surface area (Å²) in [4.78, 5) is 8.47. The molecular weight excluding hydrogens is 220 g/mol. The molecule has 0 aliphatic rings. The first-order valence-electron chi connectivity index (χ1n) is 5.15. The lowest BCUT2D eigenvalue weighted by molar-refractivity contribution is 0.384. The van der Waals surface area contributed by atoms with Gasteiger partial charge in [-0.15, -0.1) is 11.8 Å². The van der Waals surface area contributed by atoms with Crippen molar-refractivity contribution in [2.24, 2.45) is 0 Å². The highest BCUT2D eigenvalue weighted by Crippen LogP contribution is 2.23. The van der Waals surface area contributed by atoms with Crippen molar-refractivity contribution in [2.45, 2.75) is 11.8 Å². The molecule has 0 amide bonds. The van der Waals surface area contributed by atoms with Crippen molar-refractivity contribution < 1.29 is 4.74 Å². The van der Waals surface area contributed by atoms with E-state index in [9.17, 15) is 0 Å². The summed E-state index contributed by atoms with van der Waals surface area (Å²) in [6.45, 7) is 2.15. The first-order chi connectivity index (χ1) is 7.83. The first kappa shape index (κ1) is 11.1. The molecule has 0 atom stereocenters. The highest BCUT2D eigenvalue weighted by atomic mass is 32.2. The Labute approximate surface area is 99.2 Å². The van der Waals surface area contributed by atoms with Crippen molar-refractivity contribution in [3.63, 3.8) is 0 Å². The van der Waals surface area contributed by atoms with Gasteiger partial charge in [-0.05, 0) is 23.4 Å². The zero-order valence-electron chi connectivity index (χ0n) is 9.36. The molecule has 16 heavy (non-hydrogen) atoms. The van der Waals surface area contributed by atoms with Gasteiger partial charge in [0.2, 0.25) is 0 Å². The van der Waals surface area contributed by atoms with Crippen LogP contribution in [0.5, 0.6) is 6.01 Å². The zero-order valence-corrected chi connectivity index (χ0v) is 10.2. The van der Waals surface area contributed by atoms with Gasteiger partial charge in [-0.1, -0.05) is 19.1 Å². The number of rotatable bonds is 4. The number of hydrogen-bond acceptors (Lipinski definition) is 3. The van der Waals surface area contributed by atoms with E-state index in [1.54, 1.807) is 13.3 Å². The highest BCUT2D eigenvalue weighted by molar-refractivity contribution is 7.99. The van der Waals surface area contributed by atoms with Gasteiger partial charge in [0.1, 0.15) is 0 Å². The third-order valence-electron chi connectivity index (χ3n) is 2.22. The number of ether oxygens (including phenoxy) is 1. The predicted molar refractivity (Wildman–Crippen MR) is 67.0 cm³/mol. The maximum absolute atomic E-state index is 5.01. The summed E-state index contributed by atoms with van der Waals surface area (Å²) in [7, 11) is 1.60. The van der Waals surface area contributed by atoms with Crippen LogP contribution in [-0.4, -0.2) is 22.8 Å². The van der Waals surface area contributed by atoms with Crippen LogP contribution in [0.4, 0.5) is 0 Å². The topological polar surface area (TPSA) is 37.9 Å². The lowest BCUT2D eigenvalue weighted by Crippen LogP contribution is -1.83. The van der Waals surface area contributed by atoms with E-state index >= 15 is 0 Å². The van der Waals surface area contributed by atoms with Crippen LogP contribution >= 0.6 is 11.8 Å². The summed E-state index contributed by atoms with van der Waals surface area (Å²) in [5, 5.41) is 0. The second-order valence-electron chi connectivity index (χ2n) is 3.26. The molecule has 1 aromatic heterocycles. The maximum atomic E-state index is 5.01. The third kappa shape index (κ3) is 2.39. The van der Waals surface area contributed by atoms with Crippen LogP contribution in [0.3, 0.4) is 0 Å². The number of nitrogens with zero attached hydrogens (tertiary/aromatic N) is 1. The van der Waals surface area contributed by atoms with Crippen molar-refractivity contribution in [1.82, 2.24) is 9.97 Å². The van der Waals surface area contributed by atoms with Crippen LogP contribution in [0, 0.1) is 0 Å². The zero-order chi connectivity index (χ0) is 11.4. The van der Waals surface area contributed by atoms with Crippen LogP contribution in [0.15, 0.2) is 35.4 Å². The van der Waals surface area contributed by atoms with Crippen LogP contribution in [0.1, 0.15) is 6.92 Å². The lowest BCUT2D eigenvalue weighted by Gasteiger charge is -2.00. The van der Waals surface area contributed by atoms with Gasteiger partial charge in [-0.3, -0.25) is 0 Å². The molecule has 3 nitrogen and oxygen atoms in total. The van der Waals surface area contributed by atoms with Crippen molar-refractivity contribution >= 4 is 11.8 Å². The minimum atomic E-state index is 0.544. The van der Waals surface area contributed by atoms with E-state index in [1.807, 2.05) is 11.8 Å². The molecule has 1 N–H and O–H groups in total. The molecule has 0 spiro atoms. The molecule has 1 aromatic carbocycles. The van der Waals surface area contributed by atoms with Gasteiger partial charge >= 0.3 is 0 Å². The Kier molecular flexibility index (Phi) is 3.51. The van der Waals surface area contributed by atoms with E-state index < -0.39 is 0 Å². The highest BCUT2D eigenvalue weighted by Gasteiger charge is 2.02. The average molecular weight is 234 g/mol. The summed E-state index contributed by atoms with van der Waals surface area (Å²) in [5.41, 5.74) is 2.10. The number of thioether (sulfide) groups is 1. The van der Waals surface area contributed by atoms with Crippen molar-refractivity contribution in [1.29, 1.82) is 0 Å². The molecule has 0 fully saturated rings. The van der Waals surface area contributed by atoms with Crippen molar-refractivity contribution in [2.75, 3.05) is 12.9 Å². The van der Waals surface area contributed by atoms with Crippen LogP contribution in [-0.2, 0) is 0 Å². The fraction of sp³-hybridized carbons (Fsp3) is 0.250. The summed E-state index contributed by atoms with van der Waals surface area (Å²) < 4.78 is 5.01. The second-order valence-corrected chi connectivity index (χ2v) is 4.60. The molecule has 84 valence electrons. The van der Waals surface area contributed by atoms with Crippen LogP contribution in [0.25, 0.3) is 11.3 Å². The molecule has 2 aromatic rings. The molecule has 1 heterocycles. The number of methoxy groups -OCH3 is 1. The quantitative estimate of drug-likeness (QED) is 0.825. The monoisotopic (exact) mass is 234 g/mol. The summed E-state index contributed by atoms with van der Waals surface area (Å²) in [6.07, 6.45) is 1.78. The predicted octanol–water partition coefficient (Wildman–Crippen LogP) is 3.20. The van der Waals surface area contributed by atoms with E-state index in [-0.39, 0.29) is 0 Å². The molecule has 2 rings (SSSR count). The van der Waals surface area contributed by atoms with Crippen LogP contribution < -0.4 is 4.74 Å². The average Bonchev–Trinajstić information content (AvgIpc) is 2.79. The number of benzene rings is 1. The summed E-state index contributed by atoms with van der Waals surface area (Å²) in [5.74, 6) is 1.09. The minimum absolute atomic E-state index is 0.544. The summed E-state index contributed by atoms with van der Waals surface area (Å²) in [6, 6.07) is 8.96. The smallest absolute Gasteiger partial charge is 0.293 e. The van der Waals surface area contributed by atoms with E-state index in [4.69, 9.17) is 4.74 Å². The number of aromatic amines is 1. The van der Waals surface area contributed by atoms with Gasteiger partial charge in [-0.25, -0.2) is 4.98 Å². The van der Waals surface area contributed by atoms with Gasteiger partial charge in [-0.2, -0.15) is 0 Å². The molecule has 0 saturated carbocycles. The lowest BCUT2D eigenvalue weighted by atomic mass is 10.2. The van der Waals surface area contributed by atoms with Gasteiger partial charge < -0.3 is 9.72 Å². The Hall–Kier alpha value is -1.42. The molecule has 0 unspecified atom stereocenters. The standard InChI is InChI=1S/C12H14N2OS/c1-3-16-10-6-4-9(5-7-10)11-8-13-12(14-11)15-2/h4-8H,3H2,1-2H3,(H,13,14). The van der Waals surface area contributed by atoms with Crippen molar-refractivity contribution in [3.8, 4) is 17.3 Å². The molecule has 0 aliphatic carbocycles. The Morgan fingerprint density at radius 3 is 2.62 bits per heavy atom. The maximum Gasteiger partial charge on any atom is 0.293 e. The largest absolute Gasteiger partial charge is 0.468 e. The summed E-state index contributed by atoms with van der Waals surface area (Å²) >= 11 is 1.84. The Morgan fingerprint density at radius 1 is 1.31 bits per heavy atom. The van der Waals surface area contributed by atoms with E-state index in [0.29, 0.717) is 6.01 Å². The van der Waals surface area contributed by atoms with Gasteiger partial charge in [0.15, 0.2) is 0 Å². The minimum Gasteiger partial charge on any atom is -0.468 e. The SMILES string of the molecule is CCSc1ccc(-c2cnc(OC)[nH]2)cc1. The molecule has 4 heteroatoms. The van der Waals surface area contributed by atoms with E-state index in [1.165, 1.54) is 4.90 Å². The Morgan fingerprint density at radius 2 is 2.06 bits per heavy atom. The number of imidazole rings is 1. The van der Waals surface area contributed by atoms with Gasteiger partial charge in [0.25, 0.3) is 6.01 Å². The Balaban J connectivity index is 2.20. The third-order valence-corrected chi connectivity index (χ3v) is 3.12. The molecule has 0 radical (unpaired) electrons. The fourth-order valence-corrected chi connectivity index (χ4v) is 2.11. The van der Waals surface area contributed by atoms with Crippen molar-refractivity contribution in [3.05, 3.63) is 30.5 Å². The molecule has 0 bridgehead atoms. The van der Waals surface area contributed by atoms with Crippen LogP contribution in [0.2, 0.25) is 0 Å². The van der Waals surface area contributed by atoms with Gasteiger partial charge in [0, 0.05) is 4.90 Å². The number of aromatic nitrogens is 2. The number of H-pyrrole nitrogens is 1. The second kappa shape index (κ2) is 5.07. The normalized spacial score (nSPS) is 10.4. The Bertz CT molecular complexity index is 450. The van der Waals surface area contributed by atoms with E-state index in [0.717, 1.165) is 17.0 Å². The van der Waals surface area contributed by atoms with Gasteiger partial charge in [0.05, 0.1) is 19.0 Å². The fourth-order valence-electron chi connectivity index (χ4n) is 1.45. The molecule has 0 saturated heterocycles. The molecular formula is C12H14N2OS. The first-order valence-corrected chi connectivity index (χ1v) is 6.14.